The number of thioether (sulfide) groups is 1. The summed E-state index contributed by atoms with van der Waals surface area (Å²) in [5, 5.41) is 11.3. The highest BCUT2D eigenvalue weighted by atomic mass is 32.2. The quantitative estimate of drug-likeness (QED) is 0.547. The number of aromatic nitrogens is 3. The van der Waals surface area contributed by atoms with Gasteiger partial charge in [0.05, 0.1) is 0 Å². The Morgan fingerprint density at radius 2 is 2.20 bits per heavy atom. The van der Waals surface area contributed by atoms with Gasteiger partial charge in [-0.3, -0.25) is 4.79 Å². The average Bonchev–Trinajstić information content (AvgIpc) is 3.31. The van der Waals surface area contributed by atoms with E-state index in [9.17, 15) is 9.18 Å². The van der Waals surface area contributed by atoms with Crippen LogP contribution in [0.4, 0.5) is 4.39 Å². The molecule has 1 unspecified atom stereocenters. The van der Waals surface area contributed by atoms with Crippen LogP contribution in [0.2, 0.25) is 0 Å². The smallest absolute Gasteiger partial charge is 0.238 e. The molecule has 1 heterocycles. The van der Waals surface area contributed by atoms with Gasteiger partial charge in [-0.05, 0) is 37.0 Å². The Labute approximate surface area is 150 Å². The van der Waals surface area contributed by atoms with Crippen molar-refractivity contribution < 1.29 is 13.9 Å². The molecule has 0 bridgehead atoms. The second kappa shape index (κ2) is 8.44. The minimum absolute atomic E-state index is 0.0782. The molecule has 1 aromatic heterocycles. The van der Waals surface area contributed by atoms with E-state index in [0.717, 1.165) is 24.8 Å². The second-order valence-electron chi connectivity index (χ2n) is 5.99. The van der Waals surface area contributed by atoms with E-state index in [4.69, 9.17) is 4.74 Å². The number of rotatable bonds is 9. The fraction of sp³-hybridized carbons (Fsp3) is 0.471. The van der Waals surface area contributed by atoms with Crippen molar-refractivity contribution in [2.45, 2.75) is 42.3 Å². The number of hydrogen-bond acceptors (Lipinski definition) is 5. The maximum Gasteiger partial charge on any atom is 0.238 e. The number of aryl methyl sites for hydroxylation is 1. The number of carbonyl (C=O) groups excluding carboxylic acids is 1. The van der Waals surface area contributed by atoms with Gasteiger partial charge in [-0.15, -0.1) is 10.2 Å². The molecule has 2 aromatic rings. The number of nitrogens with one attached hydrogen (secondary N) is 1. The first-order valence-corrected chi connectivity index (χ1v) is 9.14. The number of halogens is 1. The zero-order valence-corrected chi connectivity index (χ0v) is 14.8. The van der Waals surface area contributed by atoms with Crippen LogP contribution in [0.5, 0.6) is 0 Å². The standard InChI is InChI=1S/C17H21FN4O2S/c1-24-10-2-9-22-11-19-21-17(22)25-15(16(23)20-14-7-8-14)12-3-5-13(18)6-4-12/h3-6,11,14-15H,2,7-10H2,1H3,(H,20,23). The maximum atomic E-state index is 13.2. The summed E-state index contributed by atoms with van der Waals surface area (Å²) in [6.07, 6.45) is 4.51. The first kappa shape index (κ1) is 17.9. The van der Waals surface area contributed by atoms with Gasteiger partial charge in [-0.25, -0.2) is 4.39 Å². The molecule has 1 amide bonds. The van der Waals surface area contributed by atoms with Crippen molar-refractivity contribution in [2.75, 3.05) is 13.7 Å². The first-order valence-electron chi connectivity index (χ1n) is 8.26. The van der Waals surface area contributed by atoms with Gasteiger partial charge in [-0.2, -0.15) is 0 Å². The fourth-order valence-electron chi connectivity index (χ4n) is 2.39. The van der Waals surface area contributed by atoms with Crippen LogP contribution in [0, 0.1) is 5.82 Å². The van der Waals surface area contributed by atoms with Crippen LogP contribution < -0.4 is 5.32 Å². The van der Waals surface area contributed by atoms with Gasteiger partial charge in [0.1, 0.15) is 17.4 Å². The lowest BCUT2D eigenvalue weighted by molar-refractivity contribution is -0.120. The van der Waals surface area contributed by atoms with E-state index < -0.39 is 5.25 Å². The van der Waals surface area contributed by atoms with Crippen LogP contribution in [0.15, 0.2) is 35.7 Å². The molecule has 1 atom stereocenters. The predicted molar refractivity (Wildman–Crippen MR) is 92.7 cm³/mol. The molecule has 1 N–H and O–H groups in total. The van der Waals surface area contributed by atoms with Crippen LogP contribution >= 0.6 is 11.8 Å². The van der Waals surface area contributed by atoms with Gasteiger partial charge in [-0.1, -0.05) is 23.9 Å². The van der Waals surface area contributed by atoms with E-state index in [1.54, 1.807) is 25.6 Å². The van der Waals surface area contributed by atoms with E-state index in [0.29, 0.717) is 18.3 Å². The number of ether oxygens (including phenoxy) is 1. The Morgan fingerprint density at radius 1 is 1.44 bits per heavy atom. The van der Waals surface area contributed by atoms with Crippen molar-refractivity contribution in [1.29, 1.82) is 0 Å². The molecular weight excluding hydrogens is 343 g/mol. The van der Waals surface area contributed by atoms with Gasteiger partial charge in [0, 0.05) is 26.3 Å². The molecule has 1 aliphatic carbocycles. The Hall–Kier alpha value is -1.93. The van der Waals surface area contributed by atoms with Gasteiger partial charge < -0.3 is 14.6 Å². The van der Waals surface area contributed by atoms with Crippen molar-refractivity contribution in [3.05, 3.63) is 42.0 Å². The Balaban J connectivity index is 1.76. The summed E-state index contributed by atoms with van der Waals surface area (Å²) in [6.45, 7) is 1.36. The van der Waals surface area contributed by atoms with Gasteiger partial charge >= 0.3 is 0 Å². The van der Waals surface area contributed by atoms with Crippen molar-refractivity contribution in [3.63, 3.8) is 0 Å². The number of amides is 1. The summed E-state index contributed by atoms with van der Waals surface area (Å²) in [4.78, 5) is 12.7. The molecule has 0 saturated heterocycles. The summed E-state index contributed by atoms with van der Waals surface area (Å²) in [7, 11) is 1.66. The summed E-state index contributed by atoms with van der Waals surface area (Å²) in [6, 6.07) is 6.29. The molecule has 3 rings (SSSR count). The lowest BCUT2D eigenvalue weighted by atomic mass is 10.1. The third-order valence-electron chi connectivity index (χ3n) is 3.89. The molecule has 1 aromatic carbocycles. The van der Waals surface area contributed by atoms with E-state index in [2.05, 4.69) is 15.5 Å². The number of nitrogens with zero attached hydrogens (tertiary/aromatic N) is 3. The van der Waals surface area contributed by atoms with Crippen LogP contribution in [-0.2, 0) is 16.1 Å². The van der Waals surface area contributed by atoms with Crippen molar-refractivity contribution in [3.8, 4) is 0 Å². The van der Waals surface area contributed by atoms with E-state index in [1.807, 2.05) is 4.57 Å². The highest BCUT2D eigenvalue weighted by Crippen LogP contribution is 2.35. The minimum atomic E-state index is -0.494. The third kappa shape index (κ3) is 5.02. The molecule has 0 radical (unpaired) electrons. The summed E-state index contributed by atoms with van der Waals surface area (Å²) >= 11 is 1.33. The molecule has 25 heavy (non-hydrogen) atoms. The molecule has 0 aliphatic heterocycles. The zero-order chi connectivity index (χ0) is 17.6. The summed E-state index contributed by atoms with van der Waals surface area (Å²) in [5.74, 6) is -0.400. The number of carbonyl (C=O) groups is 1. The Kier molecular flexibility index (Phi) is 6.04. The predicted octanol–water partition coefficient (Wildman–Crippen LogP) is 2.57. The summed E-state index contributed by atoms with van der Waals surface area (Å²) in [5.41, 5.74) is 0.746. The van der Waals surface area contributed by atoms with Crippen LogP contribution in [-0.4, -0.2) is 40.4 Å². The first-order chi connectivity index (χ1) is 12.2. The molecule has 1 aliphatic rings. The molecule has 1 saturated carbocycles. The summed E-state index contributed by atoms with van der Waals surface area (Å²) < 4.78 is 20.2. The Bertz CT molecular complexity index is 703. The SMILES string of the molecule is COCCCn1cnnc1SC(C(=O)NC1CC1)c1ccc(F)cc1. The second-order valence-corrected chi connectivity index (χ2v) is 7.06. The van der Waals surface area contributed by atoms with Crippen LogP contribution in [0.25, 0.3) is 0 Å². The third-order valence-corrected chi connectivity index (χ3v) is 5.13. The molecule has 8 heteroatoms. The molecule has 6 nitrogen and oxygen atoms in total. The molecule has 0 spiro atoms. The van der Waals surface area contributed by atoms with Crippen molar-refractivity contribution in [2.24, 2.45) is 0 Å². The van der Waals surface area contributed by atoms with E-state index in [1.165, 1.54) is 23.9 Å². The molecule has 134 valence electrons. The Morgan fingerprint density at radius 3 is 2.88 bits per heavy atom. The highest BCUT2D eigenvalue weighted by molar-refractivity contribution is 8.00. The highest BCUT2D eigenvalue weighted by Gasteiger charge is 2.30. The van der Waals surface area contributed by atoms with Crippen LogP contribution in [0.1, 0.15) is 30.1 Å². The monoisotopic (exact) mass is 364 g/mol. The maximum absolute atomic E-state index is 13.2. The van der Waals surface area contributed by atoms with E-state index in [-0.39, 0.29) is 17.8 Å². The van der Waals surface area contributed by atoms with Crippen LogP contribution in [0.3, 0.4) is 0 Å². The largest absolute Gasteiger partial charge is 0.385 e. The van der Waals surface area contributed by atoms with Gasteiger partial charge in [0.2, 0.25) is 5.91 Å². The topological polar surface area (TPSA) is 69.0 Å². The lowest BCUT2D eigenvalue weighted by Gasteiger charge is -2.17. The van der Waals surface area contributed by atoms with Crippen molar-refractivity contribution in [1.82, 2.24) is 20.1 Å². The lowest BCUT2D eigenvalue weighted by Crippen LogP contribution is -2.30. The number of hydrogen-bond donors (Lipinski definition) is 1. The fourth-order valence-corrected chi connectivity index (χ4v) is 3.44. The van der Waals surface area contributed by atoms with Gasteiger partial charge in [0.25, 0.3) is 0 Å². The zero-order valence-electron chi connectivity index (χ0n) is 14.0. The molecular formula is C17H21FN4O2S. The molecule has 1 fully saturated rings. The number of methoxy groups -OCH3 is 1. The average molecular weight is 364 g/mol. The number of benzene rings is 1. The normalized spacial score (nSPS) is 15.1. The van der Waals surface area contributed by atoms with E-state index >= 15 is 0 Å². The van der Waals surface area contributed by atoms with Gasteiger partial charge in [0.15, 0.2) is 5.16 Å². The minimum Gasteiger partial charge on any atom is -0.385 e. The van der Waals surface area contributed by atoms with Crippen molar-refractivity contribution >= 4 is 17.7 Å².